The Hall–Kier alpha value is -5.27. The molecule has 0 fully saturated rings. The Morgan fingerprint density at radius 3 is 2.57 bits per heavy atom. The lowest BCUT2D eigenvalue weighted by atomic mass is 9.99. The molecule has 49 heavy (non-hydrogen) atoms. The molecule has 258 valence electrons. The largest absolute Gasteiger partial charge is 0.458 e. The van der Waals surface area contributed by atoms with Crippen molar-refractivity contribution in [3.63, 3.8) is 0 Å². The lowest BCUT2D eigenvalue weighted by molar-refractivity contribution is -0.172. The summed E-state index contributed by atoms with van der Waals surface area (Å²) in [6, 6.07) is 7.43. The summed E-state index contributed by atoms with van der Waals surface area (Å²) in [5.74, 6) is -2.27. The van der Waals surface area contributed by atoms with Crippen molar-refractivity contribution in [2.24, 2.45) is 4.99 Å². The number of hydrogen-bond acceptors (Lipinski definition) is 11. The van der Waals surface area contributed by atoms with Gasteiger partial charge in [0, 0.05) is 31.8 Å². The molecular formula is C35H40N6O8. The van der Waals surface area contributed by atoms with E-state index in [4.69, 9.17) is 19.2 Å². The minimum Gasteiger partial charge on any atom is -0.458 e. The highest BCUT2D eigenvalue weighted by Crippen LogP contribution is 2.46. The molecule has 1 aromatic carbocycles. The SMILES string of the molecule is CCCCCN1C=Nc2cccc3nc4c(c1c23)Cn1c-4cc2c(c1=O)COC(=O)[C@H]2OC(=O)CN(C)C(=O)CN(C)C(=O)OC(C)(C)C. The molecule has 0 unspecified atom stereocenters. The Balaban J connectivity index is 1.27. The van der Waals surface area contributed by atoms with Crippen LogP contribution in [0.3, 0.4) is 0 Å². The minimum absolute atomic E-state index is 0.206. The monoisotopic (exact) mass is 672 g/mol. The number of benzene rings is 1. The fourth-order valence-electron chi connectivity index (χ4n) is 6.23. The van der Waals surface area contributed by atoms with Gasteiger partial charge in [0.1, 0.15) is 25.3 Å². The van der Waals surface area contributed by atoms with Gasteiger partial charge in [0.15, 0.2) is 0 Å². The van der Waals surface area contributed by atoms with Crippen LogP contribution in [0.1, 0.15) is 69.8 Å². The van der Waals surface area contributed by atoms with Crippen LogP contribution in [0.4, 0.5) is 16.2 Å². The fourth-order valence-corrected chi connectivity index (χ4v) is 6.23. The highest BCUT2D eigenvalue weighted by molar-refractivity contribution is 6.11. The Labute approximate surface area is 283 Å². The number of rotatable bonds is 9. The van der Waals surface area contributed by atoms with Crippen molar-refractivity contribution >= 4 is 52.6 Å². The first-order chi connectivity index (χ1) is 23.3. The Morgan fingerprint density at radius 1 is 1.06 bits per heavy atom. The highest BCUT2D eigenvalue weighted by Gasteiger charge is 2.39. The first-order valence-electron chi connectivity index (χ1n) is 16.3. The van der Waals surface area contributed by atoms with E-state index in [1.165, 1.54) is 14.1 Å². The summed E-state index contributed by atoms with van der Waals surface area (Å²) in [6.07, 6.45) is 2.73. The minimum atomic E-state index is -1.52. The third-order valence-corrected chi connectivity index (χ3v) is 8.66. The van der Waals surface area contributed by atoms with E-state index < -0.39 is 42.2 Å². The number of carbonyl (C=O) groups is 4. The molecule has 1 atom stereocenters. The van der Waals surface area contributed by atoms with Crippen molar-refractivity contribution < 1.29 is 33.4 Å². The zero-order valence-electron chi connectivity index (χ0n) is 28.6. The Bertz CT molecular complexity index is 1960. The fraction of sp³-hybridized carbons (Fsp3) is 0.457. The zero-order valence-corrected chi connectivity index (χ0v) is 28.6. The van der Waals surface area contributed by atoms with Gasteiger partial charge in [-0.15, -0.1) is 0 Å². The molecule has 5 heterocycles. The van der Waals surface area contributed by atoms with Crippen LogP contribution >= 0.6 is 0 Å². The number of pyridine rings is 2. The topological polar surface area (TPSA) is 153 Å². The van der Waals surface area contributed by atoms with Crippen molar-refractivity contribution in [3.05, 3.63) is 51.3 Å². The van der Waals surface area contributed by atoms with Crippen LogP contribution in [0, 0.1) is 0 Å². The second-order valence-electron chi connectivity index (χ2n) is 13.5. The first kappa shape index (κ1) is 33.6. The molecular weight excluding hydrogens is 632 g/mol. The second-order valence-corrected chi connectivity index (χ2v) is 13.5. The maximum absolute atomic E-state index is 14.0. The van der Waals surface area contributed by atoms with Gasteiger partial charge in [-0.3, -0.25) is 14.4 Å². The van der Waals surface area contributed by atoms with E-state index in [0.29, 0.717) is 11.4 Å². The van der Waals surface area contributed by atoms with E-state index in [2.05, 4.69) is 16.8 Å². The molecule has 0 aliphatic carbocycles. The van der Waals surface area contributed by atoms with Crippen LogP contribution in [0.25, 0.3) is 22.3 Å². The molecule has 0 saturated carbocycles. The predicted octanol–water partition coefficient (Wildman–Crippen LogP) is 4.06. The Morgan fingerprint density at radius 2 is 1.84 bits per heavy atom. The van der Waals surface area contributed by atoms with Crippen LogP contribution in [0.5, 0.6) is 0 Å². The zero-order chi connectivity index (χ0) is 35.2. The number of unbranched alkanes of at least 4 members (excludes halogenated alkanes) is 2. The molecule has 0 radical (unpaired) electrons. The molecule has 6 rings (SSSR count). The van der Waals surface area contributed by atoms with Gasteiger partial charge in [0.25, 0.3) is 5.56 Å². The van der Waals surface area contributed by atoms with Gasteiger partial charge in [-0.05, 0) is 45.4 Å². The molecule has 3 aliphatic heterocycles. The lowest BCUT2D eigenvalue weighted by Gasteiger charge is -2.27. The number of aromatic nitrogens is 2. The van der Waals surface area contributed by atoms with E-state index in [0.717, 1.165) is 63.4 Å². The van der Waals surface area contributed by atoms with E-state index >= 15 is 0 Å². The maximum atomic E-state index is 14.0. The van der Waals surface area contributed by atoms with Gasteiger partial charge in [-0.1, -0.05) is 25.8 Å². The number of likely N-dealkylation sites (N-methyl/N-ethyl adjacent to an activating group) is 2. The van der Waals surface area contributed by atoms with Crippen LogP contribution in [-0.4, -0.2) is 89.0 Å². The van der Waals surface area contributed by atoms with Gasteiger partial charge in [-0.2, -0.15) is 0 Å². The maximum Gasteiger partial charge on any atom is 0.410 e. The summed E-state index contributed by atoms with van der Waals surface area (Å²) in [5.41, 5.74) is 3.81. The molecule has 14 nitrogen and oxygen atoms in total. The average molecular weight is 673 g/mol. The highest BCUT2D eigenvalue weighted by atomic mass is 16.6. The average Bonchev–Trinajstić information content (AvgIpc) is 3.41. The van der Waals surface area contributed by atoms with E-state index in [-0.39, 0.29) is 36.4 Å². The molecule has 3 aliphatic rings. The quantitative estimate of drug-likeness (QED) is 0.145. The van der Waals surface area contributed by atoms with Crippen molar-refractivity contribution in [1.82, 2.24) is 19.4 Å². The van der Waals surface area contributed by atoms with E-state index in [9.17, 15) is 24.0 Å². The molecule has 3 aromatic rings. The molecule has 0 N–H and O–H groups in total. The lowest BCUT2D eigenvalue weighted by Crippen LogP contribution is -2.43. The molecule has 14 heteroatoms. The van der Waals surface area contributed by atoms with Crippen molar-refractivity contribution in [3.8, 4) is 11.4 Å². The number of aliphatic imine (C=N–C) groups is 1. The molecule has 2 aromatic heterocycles. The smallest absolute Gasteiger partial charge is 0.410 e. The van der Waals surface area contributed by atoms with Crippen LogP contribution in [0.2, 0.25) is 0 Å². The number of cyclic esters (lactones) is 1. The number of nitrogens with zero attached hydrogens (tertiary/aromatic N) is 6. The Kier molecular flexibility index (Phi) is 8.90. The van der Waals surface area contributed by atoms with Gasteiger partial charge in [0.2, 0.25) is 12.0 Å². The number of ether oxygens (including phenoxy) is 3. The van der Waals surface area contributed by atoms with Crippen LogP contribution in [0.15, 0.2) is 34.1 Å². The standard InChI is InChI=1S/C35H40N6O8/c1-7-8-9-13-40-19-36-23-11-10-12-24-28(23)30(40)21-15-41-25(29(21)37-24)14-20-22(32(41)44)18-47-33(45)31(20)48-27(43)17-38(5)26(42)16-39(6)34(46)49-35(2,3)4/h10-12,14,19,31H,7-9,13,15-18H2,1-6H3/t31-/m0/s1. The van der Waals surface area contributed by atoms with Crippen molar-refractivity contribution in [2.75, 3.05) is 38.6 Å². The summed E-state index contributed by atoms with van der Waals surface area (Å²) >= 11 is 0. The summed E-state index contributed by atoms with van der Waals surface area (Å²) in [7, 11) is 2.78. The number of amides is 2. The van der Waals surface area contributed by atoms with Gasteiger partial charge in [0.05, 0.1) is 52.1 Å². The third-order valence-electron chi connectivity index (χ3n) is 8.66. The van der Waals surface area contributed by atoms with Gasteiger partial charge >= 0.3 is 18.0 Å². The molecule has 2 amide bonds. The normalized spacial score (nSPS) is 15.7. The summed E-state index contributed by atoms with van der Waals surface area (Å²) in [4.78, 5) is 79.1. The number of fused-ring (bicyclic) bond motifs is 5. The third kappa shape index (κ3) is 6.46. The van der Waals surface area contributed by atoms with Crippen LogP contribution in [-0.2, 0) is 41.7 Å². The second kappa shape index (κ2) is 13.0. The predicted molar refractivity (Wildman–Crippen MR) is 181 cm³/mol. The first-order valence-corrected chi connectivity index (χ1v) is 16.3. The molecule has 0 saturated heterocycles. The number of carbonyl (C=O) groups excluding carboxylic acids is 4. The van der Waals surface area contributed by atoms with Gasteiger partial charge in [-0.25, -0.2) is 19.6 Å². The van der Waals surface area contributed by atoms with E-state index in [1.807, 2.05) is 24.5 Å². The number of hydrogen-bond donors (Lipinski definition) is 0. The van der Waals surface area contributed by atoms with Crippen molar-refractivity contribution in [1.29, 1.82) is 0 Å². The molecule has 0 bridgehead atoms. The van der Waals surface area contributed by atoms with Crippen LogP contribution < -0.4 is 10.5 Å². The summed E-state index contributed by atoms with van der Waals surface area (Å²) in [5, 5.41) is 0.923. The number of esters is 2. The summed E-state index contributed by atoms with van der Waals surface area (Å²) < 4.78 is 17.8. The van der Waals surface area contributed by atoms with Crippen molar-refractivity contribution in [2.45, 2.75) is 71.8 Å². The molecule has 0 spiro atoms. The summed E-state index contributed by atoms with van der Waals surface area (Å²) in [6.45, 7) is 7.18. The van der Waals surface area contributed by atoms with E-state index in [1.54, 1.807) is 31.4 Å². The number of anilines is 1. The van der Waals surface area contributed by atoms with Gasteiger partial charge < -0.3 is 33.5 Å².